The molecule has 0 unspecified atom stereocenters. The quantitative estimate of drug-likeness (QED) is 0.293. The highest BCUT2D eigenvalue weighted by molar-refractivity contribution is 6.38. The average molecular weight is 287 g/mol. The Hall–Kier alpha value is -2.31. The van der Waals surface area contributed by atoms with Crippen molar-refractivity contribution < 1.29 is 0 Å². The average Bonchev–Trinajstić information content (AvgIpc) is 2.86. The maximum Gasteiger partial charge on any atom is 0.0491 e. The molecule has 5 rings (SSSR count). The summed E-state index contributed by atoms with van der Waals surface area (Å²) in [6, 6.07) is 23.6. The zero-order valence-corrected chi connectivity index (χ0v) is 12.0. The van der Waals surface area contributed by atoms with Crippen LogP contribution in [-0.4, -0.2) is 0 Å². The molecular weight excluding hydrogens is 276 g/mol. The summed E-state index contributed by atoms with van der Waals surface area (Å²) in [7, 11) is 0. The van der Waals surface area contributed by atoms with Crippen molar-refractivity contribution in [2.24, 2.45) is 0 Å². The molecule has 0 bridgehead atoms. The summed E-state index contributed by atoms with van der Waals surface area (Å²) in [5, 5.41) is 6.00. The molecule has 0 amide bonds. The molecule has 1 aliphatic rings. The Bertz CT molecular complexity index is 1040. The van der Waals surface area contributed by atoms with Crippen molar-refractivity contribution in [3.8, 4) is 22.3 Å². The Balaban J connectivity index is 2.13. The molecule has 0 aliphatic heterocycles. The first-order chi connectivity index (χ1) is 10.3. The first kappa shape index (κ1) is 11.4. The van der Waals surface area contributed by atoms with Crippen LogP contribution in [0.2, 0.25) is 5.02 Å². The predicted molar refractivity (Wildman–Crippen MR) is 90.9 cm³/mol. The normalized spacial score (nSPS) is 12.0. The van der Waals surface area contributed by atoms with E-state index in [0.717, 1.165) is 5.02 Å². The third-order valence-corrected chi connectivity index (χ3v) is 4.78. The van der Waals surface area contributed by atoms with E-state index in [1.165, 1.54) is 43.8 Å². The van der Waals surface area contributed by atoms with Crippen LogP contribution >= 0.6 is 11.6 Å². The third kappa shape index (κ3) is 1.36. The van der Waals surface area contributed by atoms with Gasteiger partial charge in [-0.3, -0.25) is 0 Å². The number of hydrogen-bond donors (Lipinski definition) is 0. The second-order valence-corrected chi connectivity index (χ2v) is 5.94. The third-order valence-electron chi connectivity index (χ3n) is 4.46. The van der Waals surface area contributed by atoms with Gasteiger partial charge in [0.05, 0.1) is 0 Å². The maximum atomic E-state index is 6.52. The van der Waals surface area contributed by atoms with E-state index in [1.807, 2.05) is 6.07 Å². The molecule has 0 radical (unpaired) electrons. The van der Waals surface area contributed by atoms with Crippen molar-refractivity contribution >= 4 is 33.1 Å². The zero-order valence-electron chi connectivity index (χ0n) is 11.2. The molecule has 0 spiro atoms. The minimum atomic E-state index is 0.837. The second-order valence-electron chi connectivity index (χ2n) is 5.54. The molecule has 98 valence electrons. The lowest BCUT2D eigenvalue weighted by Gasteiger charge is -2.08. The van der Waals surface area contributed by atoms with Crippen LogP contribution in [0.25, 0.3) is 43.8 Å². The Kier molecular flexibility index (Phi) is 2.09. The van der Waals surface area contributed by atoms with E-state index in [0.29, 0.717) is 0 Å². The van der Waals surface area contributed by atoms with Gasteiger partial charge < -0.3 is 0 Å². The van der Waals surface area contributed by atoms with E-state index in [9.17, 15) is 0 Å². The molecule has 4 aromatic carbocycles. The summed E-state index contributed by atoms with van der Waals surface area (Å²) < 4.78 is 0. The molecule has 0 nitrogen and oxygen atoms in total. The van der Waals surface area contributed by atoms with Gasteiger partial charge in [-0.25, -0.2) is 0 Å². The van der Waals surface area contributed by atoms with Crippen LogP contribution in [-0.2, 0) is 0 Å². The van der Waals surface area contributed by atoms with Gasteiger partial charge in [0.2, 0.25) is 0 Å². The lowest BCUT2D eigenvalue weighted by Crippen LogP contribution is -1.81. The lowest BCUT2D eigenvalue weighted by atomic mass is 9.96. The molecule has 0 aromatic heterocycles. The SMILES string of the molecule is Clc1ccc2c3c(cc4ccccc42)-c2ccccc2-c13. The highest BCUT2D eigenvalue weighted by Gasteiger charge is 2.24. The minimum absolute atomic E-state index is 0.837. The topological polar surface area (TPSA) is 0 Å². The molecule has 0 heterocycles. The number of benzene rings is 4. The fourth-order valence-corrected chi connectivity index (χ4v) is 3.85. The molecule has 0 N–H and O–H groups in total. The molecule has 0 atom stereocenters. The molecular formula is C20H11Cl. The fourth-order valence-electron chi connectivity index (χ4n) is 3.59. The van der Waals surface area contributed by atoms with Crippen LogP contribution < -0.4 is 0 Å². The van der Waals surface area contributed by atoms with Crippen molar-refractivity contribution in [1.29, 1.82) is 0 Å². The van der Waals surface area contributed by atoms with Crippen molar-refractivity contribution in [3.05, 3.63) is 71.8 Å². The van der Waals surface area contributed by atoms with Crippen LogP contribution in [0.5, 0.6) is 0 Å². The van der Waals surface area contributed by atoms with Gasteiger partial charge in [-0.15, -0.1) is 0 Å². The number of hydrogen-bond acceptors (Lipinski definition) is 0. The van der Waals surface area contributed by atoms with Gasteiger partial charge in [0.15, 0.2) is 0 Å². The van der Waals surface area contributed by atoms with Gasteiger partial charge in [0.25, 0.3) is 0 Å². The van der Waals surface area contributed by atoms with Crippen LogP contribution in [0.4, 0.5) is 0 Å². The predicted octanol–water partition coefficient (Wildman–Crippen LogP) is 6.29. The van der Waals surface area contributed by atoms with Crippen LogP contribution in [0.1, 0.15) is 0 Å². The molecule has 1 aliphatic carbocycles. The summed E-state index contributed by atoms with van der Waals surface area (Å²) in [6.45, 7) is 0. The van der Waals surface area contributed by atoms with E-state index in [-0.39, 0.29) is 0 Å². The first-order valence-electron chi connectivity index (χ1n) is 7.08. The maximum absolute atomic E-state index is 6.52. The number of halogens is 1. The highest BCUT2D eigenvalue weighted by Crippen LogP contribution is 2.51. The molecule has 21 heavy (non-hydrogen) atoms. The monoisotopic (exact) mass is 286 g/mol. The summed E-state index contributed by atoms with van der Waals surface area (Å²) in [5.41, 5.74) is 5.03. The minimum Gasteiger partial charge on any atom is -0.0836 e. The van der Waals surface area contributed by atoms with Gasteiger partial charge in [0, 0.05) is 10.6 Å². The summed E-state index contributed by atoms with van der Waals surface area (Å²) in [5.74, 6) is 0. The van der Waals surface area contributed by atoms with E-state index in [2.05, 4.69) is 60.7 Å². The first-order valence-corrected chi connectivity index (χ1v) is 7.46. The second kappa shape index (κ2) is 3.87. The Morgan fingerprint density at radius 3 is 2.29 bits per heavy atom. The smallest absolute Gasteiger partial charge is 0.0491 e. The largest absolute Gasteiger partial charge is 0.0836 e. The van der Waals surface area contributed by atoms with E-state index < -0.39 is 0 Å². The van der Waals surface area contributed by atoms with Crippen LogP contribution in [0, 0.1) is 0 Å². The van der Waals surface area contributed by atoms with Crippen molar-refractivity contribution in [1.82, 2.24) is 0 Å². The molecule has 1 heteroatoms. The Morgan fingerprint density at radius 2 is 1.38 bits per heavy atom. The molecule has 4 aromatic rings. The fraction of sp³-hybridized carbons (Fsp3) is 0. The summed E-state index contributed by atoms with van der Waals surface area (Å²) >= 11 is 6.52. The van der Waals surface area contributed by atoms with Crippen molar-refractivity contribution in [2.75, 3.05) is 0 Å². The van der Waals surface area contributed by atoms with Gasteiger partial charge in [-0.05, 0) is 50.4 Å². The van der Waals surface area contributed by atoms with Gasteiger partial charge in [0.1, 0.15) is 0 Å². The molecule has 0 fully saturated rings. The molecule has 0 saturated carbocycles. The molecule has 0 saturated heterocycles. The standard InChI is InChI=1S/C20H11Cl/c21-18-10-9-16-13-6-2-1-5-12(13)11-17-14-7-3-4-8-15(14)20(18)19(16)17/h1-11H. The van der Waals surface area contributed by atoms with Gasteiger partial charge in [-0.1, -0.05) is 66.2 Å². The van der Waals surface area contributed by atoms with E-state index in [1.54, 1.807) is 0 Å². The number of fused-ring (bicyclic) bond motifs is 5. The van der Waals surface area contributed by atoms with Gasteiger partial charge in [-0.2, -0.15) is 0 Å². The summed E-state index contributed by atoms with van der Waals surface area (Å²) in [4.78, 5) is 0. The van der Waals surface area contributed by atoms with Crippen molar-refractivity contribution in [3.63, 3.8) is 0 Å². The highest BCUT2D eigenvalue weighted by atomic mass is 35.5. The van der Waals surface area contributed by atoms with E-state index >= 15 is 0 Å². The van der Waals surface area contributed by atoms with Crippen LogP contribution in [0.3, 0.4) is 0 Å². The Morgan fingerprint density at radius 1 is 0.619 bits per heavy atom. The lowest BCUT2D eigenvalue weighted by molar-refractivity contribution is 1.70. The van der Waals surface area contributed by atoms with E-state index in [4.69, 9.17) is 11.6 Å². The Labute approximate surface area is 127 Å². The van der Waals surface area contributed by atoms with Crippen molar-refractivity contribution in [2.45, 2.75) is 0 Å². The van der Waals surface area contributed by atoms with Gasteiger partial charge >= 0.3 is 0 Å². The number of rotatable bonds is 0. The summed E-state index contributed by atoms with van der Waals surface area (Å²) in [6.07, 6.45) is 0. The zero-order chi connectivity index (χ0) is 14.0. The van der Waals surface area contributed by atoms with Crippen LogP contribution in [0.15, 0.2) is 66.7 Å².